The first kappa shape index (κ1) is 12.8. The first-order valence-electron chi connectivity index (χ1n) is 5.37. The number of nitrogens with one attached hydrogen (secondary N) is 1. The van der Waals surface area contributed by atoms with E-state index in [1.807, 2.05) is 18.2 Å². The second-order valence-electron chi connectivity index (χ2n) is 3.75. The summed E-state index contributed by atoms with van der Waals surface area (Å²) in [6.07, 6.45) is 0. The summed E-state index contributed by atoms with van der Waals surface area (Å²) in [6.45, 7) is 0.532. The van der Waals surface area contributed by atoms with E-state index >= 15 is 0 Å². The summed E-state index contributed by atoms with van der Waals surface area (Å²) in [6, 6.07) is 14.8. The molecule has 0 aliphatic carbocycles. The fourth-order valence-corrected chi connectivity index (χ4v) is 1.96. The second-order valence-corrected chi connectivity index (χ2v) is 4.59. The molecule has 0 saturated heterocycles. The summed E-state index contributed by atoms with van der Waals surface area (Å²) < 4.78 is 0. The lowest BCUT2D eigenvalue weighted by molar-refractivity contribution is 1.14. The molecule has 2 rings (SSSR count). The summed E-state index contributed by atoms with van der Waals surface area (Å²) in [5, 5.41) is 13.4. The molecule has 0 amide bonds. The molecule has 0 fully saturated rings. The van der Waals surface area contributed by atoms with Gasteiger partial charge in [0.05, 0.1) is 22.3 Å². The van der Waals surface area contributed by atoms with E-state index in [0.29, 0.717) is 22.2 Å². The lowest BCUT2D eigenvalue weighted by Gasteiger charge is -2.09. The van der Waals surface area contributed by atoms with Crippen LogP contribution in [-0.4, -0.2) is 0 Å². The minimum atomic E-state index is 0.532. The minimum absolute atomic E-state index is 0.532. The van der Waals surface area contributed by atoms with Crippen molar-refractivity contribution < 1.29 is 0 Å². The van der Waals surface area contributed by atoms with Gasteiger partial charge in [-0.15, -0.1) is 0 Å². The van der Waals surface area contributed by atoms with E-state index in [4.69, 9.17) is 28.5 Å². The minimum Gasteiger partial charge on any atom is -0.380 e. The van der Waals surface area contributed by atoms with Crippen molar-refractivity contribution in [2.45, 2.75) is 6.54 Å². The fraction of sp³-hybridized carbons (Fsp3) is 0.0714. The topological polar surface area (TPSA) is 35.8 Å². The lowest BCUT2D eigenvalue weighted by Crippen LogP contribution is -2.01. The highest BCUT2D eigenvalue weighted by molar-refractivity contribution is 6.35. The monoisotopic (exact) mass is 276 g/mol. The van der Waals surface area contributed by atoms with Gasteiger partial charge in [-0.3, -0.25) is 0 Å². The quantitative estimate of drug-likeness (QED) is 0.898. The first-order chi connectivity index (χ1) is 8.70. The average Bonchev–Trinajstić information content (AvgIpc) is 2.40. The number of hydrogen-bond donors (Lipinski definition) is 1. The van der Waals surface area contributed by atoms with Crippen LogP contribution in [0.25, 0.3) is 0 Å². The van der Waals surface area contributed by atoms with Crippen molar-refractivity contribution in [2.75, 3.05) is 5.32 Å². The maximum atomic E-state index is 8.99. The molecule has 0 radical (unpaired) electrons. The second kappa shape index (κ2) is 5.77. The molecular formula is C14H10Cl2N2. The van der Waals surface area contributed by atoms with Crippen LogP contribution in [0.3, 0.4) is 0 Å². The van der Waals surface area contributed by atoms with Gasteiger partial charge in [-0.2, -0.15) is 5.26 Å². The summed E-state index contributed by atoms with van der Waals surface area (Å²) >= 11 is 12.0. The smallest absolute Gasteiger partial charge is 0.0995 e. The highest BCUT2D eigenvalue weighted by Crippen LogP contribution is 2.26. The zero-order chi connectivity index (χ0) is 13.0. The lowest BCUT2D eigenvalue weighted by atomic mass is 10.1. The Kier molecular flexibility index (Phi) is 4.09. The van der Waals surface area contributed by atoms with Crippen LogP contribution >= 0.6 is 23.2 Å². The van der Waals surface area contributed by atoms with Crippen molar-refractivity contribution in [2.24, 2.45) is 0 Å². The fourth-order valence-electron chi connectivity index (χ4n) is 1.61. The Balaban J connectivity index is 2.17. The molecule has 0 spiro atoms. The highest BCUT2D eigenvalue weighted by atomic mass is 35.5. The number of halogens is 2. The van der Waals surface area contributed by atoms with Gasteiger partial charge in [-0.05, 0) is 29.8 Å². The van der Waals surface area contributed by atoms with Crippen molar-refractivity contribution in [3.05, 3.63) is 63.6 Å². The van der Waals surface area contributed by atoms with E-state index in [1.165, 1.54) is 0 Å². The van der Waals surface area contributed by atoms with Crippen molar-refractivity contribution >= 4 is 28.9 Å². The first-order valence-corrected chi connectivity index (χ1v) is 6.13. The summed E-state index contributed by atoms with van der Waals surface area (Å²) in [4.78, 5) is 0. The van der Waals surface area contributed by atoms with Crippen molar-refractivity contribution in [1.29, 1.82) is 5.26 Å². The largest absolute Gasteiger partial charge is 0.380 e. The highest BCUT2D eigenvalue weighted by Gasteiger charge is 2.03. The maximum Gasteiger partial charge on any atom is 0.0995 e. The van der Waals surface area contributed by atoms with Crippen LogP contribution in [0, 0.1) is 11.3 Å². The Labute approximate surface area is 116 Å². The van der Waals surface area contributed by atoms with Crippen LogP contribution in [0.4, 0.5) is 5.69 Å². The van der Waals surface area contributed by atoms with Gasteiger partial charge in [0.25, 0.3) is 0 Å². The zero-order valence-corrected chi connectivity index (χ0v) is 11.0. The molecule has 0 aliphatic heterocycles. The number of benzene rings is 2. The van der Waals surface area contributed by atoms with Gasteiger partial charge in [-0.25, -0.2) is 0 Å². The van der Waals surface area contributed by atoms with Crippen molar-refractivity contribution in [1.82, 2.24) is 0 Å². The molecule has 0 aliphatic rings. The third-order valence-corrected chi connectivity index (χ3v) is 3.10. The standard InChI is InChI=1S/C14H10Cl2N2/c15-12-5-6-13(16)14(7-12)18-9-11-4-2-1-3-10(11)8-17/h1-7,18H,9H2. The molecule has 2 aromatic carbocycles. The Morgan fingerprint density at radius 1 is 1.11 bits per heavy atom. The van der Waals surface area contributed by atoms with E-state index in [1.54, 1.807) is 24.3 Å². The molecule has 0 atom stereocenters. The van der Waals surface area contributed by atoms with Gasteiger partial charge in [0.1, 0.15) is 0 Å². The Morgan fingerprint density at radius 2 is 1.89 bits per heavy atom. The number of rotatable bonds is 3. The van der Waals surface area contributed by atoms with Crippen LogP contribution in [-0.2, 0) is 6.54 Å². The molecule has 2 aromatic rings. The molecular weight excluding hydrogens is 267 g/mol. The molecule has 0 unspecified atom stereocenters. The summed E-state index contributed by atoms with van der Waals surface area (Å²) in [5.41, 5.74) is 2.34. The Hall–Kier alpha value is -1.69. The normalized spacial score (nSPS) is 9.83. The zero-order valence-electron chi connectivity index (χ0n) is 9.45. The SMILES string of the molecule is N#Cc1ccccc1CNc1cc(Cl)ccc1Cl. The molecule has 0 aromatic heterocycles. The van der Waals surface area contributed by atoms with E-state index < -0.39 is 0 Å². The van der Waals surface area contributed by atoms with Gasteiger partial charge >= 0.3 is 0 Å². The number of anilines is 1. The number of nitrogens with zero attached hydrogens (tertiary/aromatic N) is 1. The van der Waals surface area contributed by atoms with Gasteiger partial charge in [0.2, 0.25) is 0 Å². The molecule has 1 N–H and O–H groups in total. The van der Waals surface area contributed by atoms with Gasteiger partial charge in [0, 0.05) is 11.6 Å². The molecule has 18 heavy (non-hydrogen) atoms. The average molecular weight is 277 g/mol. The van der Waals surface area contributed by atoms with Crippen LogP contribution in [0.1, 0.15) is 11.1 Å². The van der Waals surface area contributed by atoms with E-state index in [-0.39, 0.29) is 0 Å². The molecule has 0 saturated carbocycles. The number of nitriles is 1. The van der Waals surface area contributed by atoms with E-state index in [0.717, 1.165) is 11.3 Å². The van der Waals surface area contributed by atoms with Gasteiger partial charge in [-0.1, -0.05) is 41.4 Å². The van der Waals surface area contributed by atoms with Gasteiger partial charge < -0.3 is 5.32 Å². The van der Waals surface area contributed by atoms with Crippen LogP contribution in [0.5, 0.6) is 0 Å². The Bertz CT molecular complexity index is 603. The predicted octanol–water partition coefficient (Wildman–Crippen LogP) is 4.48. The summed E-state index contributed by atoms with van der Waals surface area (Å²) in [5.74, 6) is 0. The molecule has 0 bridgehead atoms. The van der Waals surface area contributed by atoms with Crippen LogP contribution in [0.15, 0.2) is 42.5 Å². The molecule has 4 heteroatoms. The van der Waals surface area contributed by atoms with Crippen LogP contribution in [0.2, 0.25) is 10.0 Å². The predicted molar refractivity (Wildman–Crippen MR) is 74.9 cm³/mol. The molecule has 90 valence electrons. The van der Waals surface area contributed by atoms with E-state index in [2.05, 4.69) is 11.4 Å². The third-order valence-electron chi connectivity index (χ3n) is 2.54. The van der Waals surface area contributed by atoms with Crippen LogP contribution < -0.4 is 5.32 Å². The van der Waals surface area contributed by atoms with E-state index in [9.17, 15) is 0 Å². The van der Waals surface area contributed by atoms with Crippen molar-refractivity contribution in [3.63, 3.8) is 0 Å². The Morgan fingerprint density at radius 3 is 2.67 bits per heavy atom. The molecule has 0 heterocycles. The number of hydrogen-bond acceptors (Lipinski definition) is 2. The van der Waals surface area contributed by atoms with Crippen molar-refractivity contribution in [3.8, 4) is 6.07 Å². The maximum absolute atomic E-state index is 8.99. The van der Waals surface area contributed by atoms with Gasteiger partial charge in [0.15, 0.2) is 0 Å². The summed E-state index contributed by atoms with van der Waals surface area (Å²) in [7, 11) is 0. The molecule has 2 nitrogen and oxygen atoms in total. The third kappa shape index (κ3) is 2.95.